The van der Waals surface area contributed by atoms with E-state index in [0.29, 0.717) is 13.2 Å². The van der Waals surface area contributed by atoms with Crippen LogP contribution in [-0.2, 0) is 14.3 Å². The fraction of sp³-hybridized carbons (Fsp3) is 0.467. The maximum atomic E-state index is 12.1. The van der Waals surface area contributed by atoms with E-state index in [1.54, 1.807) is 0 Å². The van der Waals surface area contributed by atoms with Crippen LogP contribution in [0.3, 0.4) is 0 Å². The summed E-state index contributed by atoms with van der Waals surface area (Å²) in [4.78, 5) is 23.4. The number of alkyl halides is 2. The van der Waals surface area contributed by atoms with Crippen molar-refractivity contribution in [3.8, 4) is 5.75 Å². The van der Waals surface area contributed by atoms with Crippen molar-refractivity contribution in [2.45, 2.75) is 25.6 Å². The largest absolute Gasteiger partial charge is 0.452 e. The van der Waals surface area contributed by atoms with Crippen LogP contribution in [-0.4, -0.2) is 44.4 Å². The molecule has 0 aliphatic carbocycles. The summed E-state index contributed by atoms with van der Waals surface area (Å²) in [6, 6.07) is 5.17. The third-order valence-electron chi connectivity index (χ3n) is 3.18. The zero-order valence-electron chi connectivity index (χ0n) is 12.3. The minimum atomic E-state index is -2.98. The van der Waals surface area contributed by atoms with E-state index >= 15 is 0 Å². The van der Waals surface area contributed by atoms with Gasteiger partial charge in [-0.05, 0) is 31.0 Å². The topological polar surface area (TPSA) is 73.9 Å². The van der Waals surface area contributed by atoms with Crippen LogP contribution in [0.1, 0.15) is 23.2 Å². The Hall–Kier alpha value is -2.22. The SMILES string of the molecule is O=C(COC(=O)c1cccc(OC(F)F)c1)NC[C@@H]1CCCO1. The second kappa shape index (κ2) is 8.42. The summed E-state index contributed by atoms with van der Waals surface area (Å²) in [5.74, 6) is -1.40. The molecule has 1 aromatic rings. The van der Waals surface area contributed by atoms with Gasteiger partial charge in [0.2, 0.25) is 0 Å². The Kier molecular flexibility index (Phi) is 6.28. The van der Waals surface area contributed by atoms with Crippen molar-refractivity contribution in [1.29, 1.82) is 0 Å². The van der Waals surface area contributed by atoms with Crippen molar-refractivity contribution in [3.63, 3.8) is 0 Å². The van der Waals surface area contributed by atoms with Gasteiger partial charge in [0.1, 0.15) is 5.75 Å². The number of hydrogen-bond acceptors (Lipinski definition) is 5. The van der Waals surface area contributed by atoms with E-state index in [1.165, 1.54) is 18.2 Å². The molecule has 8 heteroatoms. The average molecular weight is 329 g/mol. The number of carbonyl (C=O) groups excluding carboxylic acids is 2. The molecule has 0 saturated carbocycles. The number of carbonyl (C=O) groups is 2. The molecule has 1 aromatic carbocycles. The Bertz CT molecular complexity index is 546. The Morgan fingerprint density at radius 3 is 2.91 bits per heavy atom. The maximum Gasteiger partial charge on any atom is 0.387 e. The van der Waals surface area contributed by atoms with Crippen LogP contribution in [0, 0.1) is 0 Å². The summed E-state index contributed by atoms with van der Waals surface area (Å²) in [6.07, 6.45) is 1.85. The van der Waals surface area contributed by atoms with Crippen molar-refractivity contribution >= 4 is 11.9 Å². The first kappa shape index (κ1) is 17.1. The van der Waals surface area contributed by atoms with Gasteiger partial charge in [-0.15, -0.1) is 0 Å². The lowest BCUT2D eigenvalue weighted by Crippen LogP contribution is -2.34. The zero-order valence-corrected chi connectivity index (χ0v) is 12.3. The molecule has 0 unspecified atom stereocenters. The van der Waals surface area contributed by atoms with E-state index in [-0.39, 0.29) is 17.4 Å². The molecule has 1 atom stereocenters. The van der Waals surface area contributed by atoms with E-state index in [9.17, 15) is 18.4 Å². The number of rotatable bonds is 7. The first-order valence-electron chi connectivity index (χ1n) is 7.15. The first-order valence-corrected chi connectivity index (χ1v) is 7.15. The first-order chi connectivity index (χ1) is 11.0. The summed E-state index contributed by atoms with van der Waals surface area (Å²) in [5.41, 5.74) is 0.0232. The molecule has 23 heavy (non-hydrogen) atoms. The van der Waals surface area contributed by atoms with Crippen LogP contribution in [0.2, 0.25) is 0 Å². The summed E-state index contributed by atoms with van der Waals surface area (Å²) in [7, 11) is 0. The quantitative estimate of drug-likeness (QED) is 0.772. The molecular formula is C15H17F2NO5. The molecule has 0 spiro atoms. The Morgan fingerprint density at radius 1 is 1.39 bits per heavy atom. The number of benzene rings is 1. The van der Waals surface area contributed by atoms with Crippen LogP contribution in [0.15, 0.2) is 24.3 Å². The van der Waals surface area contributed by atoms with Gasteiger partial charge in [-0.1, -0.05) is 6.07 Å². The third-order valence-corrected chi connectivity index (χ3v) is 3.18. The molecular weight excluding hydrogens is 312 g/mol. The van der Waals surface area contributed by atoms with Crippen LogP contribution in [0.5, 0.6) is 5.75 Å². The van der Waals surface area contributed by atoms with Gasteiger partial charge in [0.15, 0.2) is 6.61 Å². The second-order valence-electron chi connectivity index (χ2n) is 4.92. The van der Waals surface area contributed by atoms with E-state index in [1.807, 2.05) is 0 Å². The summed E-state index contributed by atoms with van der Waals surface area (Å²) < 4.78 is 38.6. The molecule has 1 heterocycles. The lowest BCUT2D eigenvalue weighted by atomic mass is 10.2. The molecule has 1 amide bonds. The Labute approximate surface area is 131 Å². The molecule has 0 radical (unpaired) electrons. The Morgan fingerprint density at radius 2 is 2.22 bits per heavy atom. The molecule has 2 rings (SSSR count). The van der Waals surface area contributed by atoms with E-state index < -0.39 is 25.1 Å². The van der Waals surface area contributed by atoms with Crippen molar-refractivity contribution in [2.75, 3.05) is 19.8 Å². The Balaban J connectivity index is 1.76. The third kappa shape index (κ3) is 5.82. The molecule has 1 aliphatic rings. The van der Waals surface area contributed by atoms with Gasteiger partial charge in [-0.3, -0.25) is 4.79 Å². The lowest BCUT2D eigenvalue weighted by molar-refractivity contribution is -0.124. The molecule has 0 aromatic heterocycles. The van der Waals surface area contributed by atoms with Gasteiger partial charge < -0.3 is 19.5 Å². The summed E-state index contributed by atoms with van der Waals surface area (Å²) in [6.45, 7) is -2.38. The van der Waals surface area contributed by atoms with Crippen molar-refractivity contribution < 1.29 is 32.6 Å². The number of halogens is 2. The lowest BCUT2D eigenvalue weighted by Gasteiger charge is -2.11. The molecule has 1 fully saturated rings. The highest BCUT2D eigenvalue weighted by Crippen LogP contribution is 2.16. The highest BCUT2D eigenvalue weighted by molar-refractivity contribution is 5.91. The smallest absolute Gasteiger partial charge is 0.387 e. The second-order valence-corrected chi connectivity index (χ2v) is 4.92. The minimum absolute atomic E-state index is 0.00201. The fourth-order valence-corrected chi connectivity index (χ4v) is 2.10. The number of amides is 1. The predicted octanol–water partition coefficient (Wildman–Crippen LogP) is 1.74. The van der Waals surface area contributed by atoms with Crippen LogP contribution < -0.4 is 10.1 Å². The minimum Gasteiger partial charge on any atom is -0.452 e. The van der Waals surface area contributed by atoms with E-state index in [4.69, 9.17) is 9.47 Å². The summed E-state index contributed by atoms with van der Waals surface area (Å²) >= 11 is 0. The number of hydrogen-bond donors (Lipinski definition) is 1. The predicted molar refractivity (Wildman–Crippen MR) is 75.3 cm³/mol. The van der Waals surface area contributed by atoms with E-state index in [0.717, 1.165) is 18.9 Å². The average Bonchev–Trinajstić information content (AvgIpc) is 3.03. The van der Waals surface area contributed by atoms with Crippen molar-refractivity contribution in [2.24, 2.45) is 0 Å². The number of esters is 1. The standard InChI is InChI=1S/C15H17F2NO5/c16-15(17)23-11-4-1-3-10(7-11)14(20)22-9-13(19)18-8-12-5-2-6-21-12/h1,3-4,7,12,15H,2,5-6,8-9H2,(H,18,19)/t12-/m0/s1. The molecule has 0 bridgehead atoms. The van der Waals surface area contributed by atoms with Crippen molar-refractivity contribution in [1.82, 2.24) is 5.32 Å². The van der Waals surface area contributed by atoms with E-state index in [2.05, 4.69) is 10.1 Å². The molecule has 1 aliphatic heterocycles. The van der Waals surface area contributed by atoms with Crippen LogP contribution in [0.25, 0.3) is 0 Å². The van der Waals surface area contributed by atoms with Gasteiger partial charge in [0, 0.05) is 13.2 Å². The molecule has 1 saturated heterocycles. The van der Waals surface area contributed by atoms with Gasteiger partial charge in [0.25, 0.3) is 5.91 Å². The highest BCUT2D eigenvalue weighted by atomic mass is 19.3. The molecule has 126 valence electrons. The van der Waals surface area contributed by atoms with Crippen LogP contribution in [0.4, 0.5) is 8.78 Å². The van der Waals surface area contributed by atoms with Crippen molar-refractivity contribution in [3.05, 3.63) is 29.8 Å². The summed E-state index contributed by atoms with van der Waals surface area (Å²) in [5, 5.41) is 2.60. The normalized spacial score (nSPS) is 17.1. The molecule has 1 N–H and O–H groups in total. The molecule has 6 nitrogen and oxygen atoms in total. The number of nitrogens with one attached hydrogen (secondary N) is 1. The highest BCUT2D eigenvalue weighted by Gasteiger charge is 2.17. The van der Waals surface area contributed by atoms with Gasteiger partial charge in [-0.2, -0.15) is 8.78 Å². The van der Waals surface area contributed by atoms with Gasteiger partial charge in [-0.25, -0.2) is 4.79 Å². The number of ether oxygens (including phenoxy) is 3. The maximum absolute atomic E-state index is 12.1. The monoisotopic (exact) mass is 329 g/mol. The zero-order chi connectivity index (χ0) is 16.7. The van der Waals surface area contributed by atoms with Gasteiger partial charge >= 0.3 is 12.6 Å². The van der Waals surface area contributed by atoms with Crippen LogP contribution >= 0.6 is 0 Å². The fourth-order valence-electron chi connectivity index (χ4n) is 2.10. The van der Waals surface area contributed by atoms with Gasteiger partial charge in [0.05, 0.1) is 11.7 Å².